The minimum Gasteiger partial charge on any atom is -0.496 e. The van der Waals surface area contributed by atoms with Crippen LogP contribution < -0.4 is 10.5 Å². The van der Waals surface area contributed by atoms with E-state index in [2.05, 4.69) is 15.9 Å². The Morgan fingerprint density at radius 2 is 2.28 bits per heavy atom. The van der Waals surface area contributed by atoms with Gasteiger partial charge in [-0.1, -0.05) is 6.07 Å². The Hall–Kier alpha value is -1.11. The van der Waals surface area contributed by atoms with E-state index < -0.39 is 6.10 Å². The zero-order valence-corrected chi connectivity index (χ0v) is 12.0. The molecule has 1 rings (SSSR count). The van der Waals surface area contributed by atoms with E-state index in [9.17, 15) is 9.90 Å². The third-order valence-electron chi connectivity index (χ3n) is 2.52. The molecule has 18 heavy (non-hydrogen) atoms. The standard InChI is InChI=1S/C12H17BrN2O3/c1-15(12(17)10(16)6-14)7-8-3-4-11(18-2)9(13)5-8/h3-5,10,16H,6-7,14H2,1-2H3. The molecule has 0 aliphatic carbocycles. The molecule has 1 unspecified atom stereocenters. The molecule has 5 nitrogen and oxygen atoms in total. The van der Waals surface area contributed by atoms with Crippen molar-refractivity contribution in [2.24, 2.45) is 5.73 Å². The van der Waals surface area contributed by atoms with Gasteiger partial charge in [-0.15, -0.1) is 0 Å². The first kappa shape index (κ1) is 14.9. The van der Waals surface area contributed by atoms with Gasteiger partial charge in [0.1, 0.15) is 11.9 Å². The van der Waals surface area contributed by atoms with Gasteiger partial charge in [0.2, 0.25) is 0 Å². The molecule has 0 fully saturated rings. The zero-order valence-electron chi connectivity index (χ0n) is 10.4. The predicted molar refractivity (Wildman–Crippen MR) is 72.2 cm³/mol. The van der Waals surface area contributed by atoms with Crippen LogP contribution in [0.5, 0.6) is 5.75 Å². The maximum atomic E-state index is 11.6. The molecule has 0 bridgehead atoms. The number of likely N-dealkylation sites (N-methyl/N-ethyl adjacent to an activating group) is 1. The summed E-state index contributed by atoms with van der Waals surface area (Å²) in [6.07, 6.45) is -1.14. The summed E-state index contributed by atoms with van der Waals surface area (Å²) in [7, 11) is 3.21. The largest absolute Gasteiger partial charge is 0.496 e. The summed E-state index contributed by atoms with van der Waals surface area (Å²) in [6, 6.07) is 5.55. The van der Waals surface area contributed by atoms with Gasteiger partial charge in [-0.3, -0.25) is 4.79 Å². The summed E-state index contributed by atoms with van der Waals surface area (Å²) in [5.41, 5.74) is 6.18. The summed E-state index contributed by atoms with van der Waals surface area (Å²) in [6.45, 7) is 0.327. The average molecular weight is 317 g/mol. The number of aliphatic hydroxyl groups is 1. The Morgan fingerprint density at radius 3 is 2.78 bits per heavy atom. The molecule has 0 aromatic heterocycles. The van der Waals surface area contributed by atoms with E-state index in [0.717, 1.165) is 15.8 Å². The van der Waals surface area contributed by atoms with Gasteiger partial charge in [0.05, 0.1) is 11.6 Å². The minimum absolute atomic E-state index is 0.0739. The molecule has 3 N–H and O–H groups in total. The average Bonchev–Trinajstić information content (AvgIpc) is 2.37. The molecule has 0 radical (unpaired) electrons. The van der Waals surface area contributed by atoms with Crippen LogP contribution in [0.2, 0.25) is 0 Å². The van der Waals surface area contributed by atoms with Gasteiger partial charge < -0.3 is 20.5 Å². The summed E-state index contributed by atoms with van der Waals surface area (Å²) in [5.74, 6) is 0.346. The third-order valence-corrected chi connectivity index (χ3v) is 3.14. The van der Waals surface area contributed by atoms with Crippen molar-refractivity contribution in [3.8, 4) is 5.75 Å². The fraction of sp³-hybridized carbons (Fsp3) is 0.417. The van der Waals surface area contributed by atoms with Crippen molar-refractivity contribution in [3.63, 3.8) is 0 Å². The molecule has 1 atom stereocenters. The maximum Gasteiger partial charge on any atom is 0.252 e. The van der Waals surface area contributed by atoms with Crippen LogP contribution in [0, 0.1) is 0 Å². The summed E-state index contributed by atoms with van der Waals surface area (Å²) < 4.78 is 5.95. The second-order valence-corrected chi connectivity index (χ2v) is 4.77. The summed E-state index contributed by atoms with van der Waals surface area (Å²) in [5, 5.41) is 9.37. The second kappa shape index (κ2) is 6.72. The van der Waals surface area contributed by atoms with E-state index in [1.807, 2.05) is 18.2 Å². The zero-order chi connectivity index (χ0) is 13.7. The summed E-state index contributed by atoms with van der Waals surface area (Å²) >= 11 is 3.38. The number of methoxy groups -OCH3 is 1. The van der Waals surface area contributed by atoms with Gasteiger partial charge in [0.25, 0.3) is 5.91 Å². The Morgan fingerprint density at radius 1 is 1.61 bits per heavy atom. The van der Waals surface area contributed by atoms with Crippen LogP contribution in [0.1, 0.15) is 5.56 Å². The molecule has 1 aromatic carbocycles. The van der Waals surface area contributed by atoms with E-state index in [4.69, 9.17) is 10.5 Å². The Labute approximate surface area is 115 Å². The lowest BCUT2D eigenvalue weighted by molar-refractivity contribution is -0.138. The molecule has 0 heterocycles. The van der Waals surface area contributed by atoms with Crippen LogP contribution in [0.25, 0.3) is 0 Å². The van der Waals surface area contributed by atoms with Gasteiger partial charge >= 0.3 is 0 Å². The highest BCUT2D eigenvalue weighted by Crippen LogP contribution is 2.25. The number of rotatable bonds is 5. The maximum absolute atomic E-state index is 11.6. The van der Waals surface area contributed by atoms with Gasteiger partial charge in [0, 0.05) is 20.1 Å². The van der Waals surface area contributed by atoms with Crippen LogP contribution in [-0.2, 0) is 11.3 Å². The van der Waals surface area contributed by atoms with E-state index in [1.165, 1.54) is 4.90 Å². The third kappa shape index (κ3) is 3.69. The SMILES string of the molecule is COc1ccc(CN(C)C(=O)C(O)CN)cc1Br. The molecule has 100 valence electrons. The molecule has 1 aromatic rings. The second-order valence-electron chi connectivity index (χ2n) is 3.91. The Bertz CT molecular complexity index is 426. The van der Waals surface area contributed by atoms with Crippen LogP contribution in [0.4, 0.5) is 0 Å². The quantitative estimate of drug-likeness (QED) is 0.840. The van der Waals surface area contributed by atoms with E-state index >= 15 is 0 Å². The molecule has 0 spiro atoms. The Balaban J connectivity index is 2.73. The lowest BCUT2D eigenvalue weighted by atomic mass is 10.2. The van der Waals surface area contributed by atoms with Gasteiger partial charge in [-0.2, -0.15) is 0 Å². The van der Waals surface area contributed by atoms with Crippen molar-refractivity contribution in [2.45, 2.75) is 12.6 Å². The molecule has 1 amide bonds. The molecular formula is C12H17BrN2O3. The minimum atomic E-state index is -1.14. The van der Waals surface area contributed by atoms with Crippen molar-refractivity contribution < 1.29 is 14.6 Å². The first-order valence-electron chi connectivity index (χ1n) is 5.45. The van der Waals surface area contributed by atoms with Crippen LogP contribution >= 0.6 is 15.9 Å². The molecule has 0 saturated carbocycles. The van der Waals surface area contributed by atoms with Crippen LogP contribution in [-0.4, -0.2) is 42.7 Å². The highest BCUT2D eigenvalue weighted by atomic mass is 79.9. The molecule has 0 aliphatic rings. The van der Waals surface area contributed by atoms with Gasteiger partial charge in [0.15, 0.2) is 0 Å². The number of aliphatic hydroxyl groups excluding tert-OH is 1. The van der Waals surface area contributed by atoms with Crippen molar-refractivity contribution in [1.82, 2.24) is 4.90 Å². The van der Waals surface area contributed by atoms with Gasteiger partial charge in [-0.05, 0) is 33.6 Å². The normalized spacial score (nSPS) is 12.1. The highest BCUT2D eigenvalue weighted by molar-refractivity contribution is 9.10. The van der Waals surface area contributed by atoms with E-state index in [0.29, 0.717) is 6.54 Å². The fourth-order valence-electron chi connectivity index (χ4n) is 1.52. The monoisotopic (exact) mass is 316 g/mol. The molecular weight excluding hydrogens is 300 g/mol. The molecule has 0 saturated heterocycles. The highest BCUT2D eigenvalue weighted by Gasteiger charge is 2.17. The van der Waals surface area contributed by atoms with Crippen LogP contribution in [0.15, 0.2) is 22.7 Å². The topological polar surface area (TPSA) is 75.8 Å². The van der Waals surface area contributed by atoms with Gasteiger partial charge in [-0.25, -0.2) is 0 Å². The number of hydrogen-bond donors (Lipinski definition) is 2. The molecule has 6 heteroatoms. The number of nitrogens with two attached hydrogens (primary N) is 1. The lowest BCUT2D eigenvalue weighted by Gasteiger charge is -2.20. The number of amides is 1. The lowest BCUT2D eigenvalue weighted by Crippen LogP contribution is -2.40. The van der Waals surface area contributed by atoms with E-state index in [-0.39, 0.29) is 12.5 Å². The number of nitrogens with zero attached hydrogens (tertiary/aromatic N) is 1. The number of benzene rings is 1. The predicted octanol–water partition coefficient (Wildman–Crippen LogP) is 0.736. The number of halogens is 1. The number of hydrogen-bond acceptors (Lipinski definition) is 4. The first-order chi connectivity index (χ1) is 8.49. The number of carbonyl (C=O) groups excluding carboxylic acids is 1. The fourth-order valence-corrected chi connectivity index (χ4v) is 2.10. The van der Waals surface area contributed by atoms with Crippen LogP contribution in [0.3, 0.4) is 0 Å². The van der Waals surface area contributed by atoms with Crippen molar-refractivity contribution >= 4 is 21.8 Å². The van der Waals surface area contributed by atoms with Crippen molar-refractivity contribution in [3.05, 3.63) is 28.2 Å². The number of carbonyl (C=O) groups is 1. The van der Waals surface area contributed by atoms with Crippen molar-refractivity contribution in [1.29, 1.82) is 0 Å². The Kier molecular flexibility index (Phi) is 5.58. The smallest absolute Gasteiger partial charge is 0.252 e. The summed E-state index contributed by atoms with van der Waals surface area (Å²) in [4.78, 5) is 13.1. The molecule has 0 aliphatic heterocycles. The first-order valence-corrected chi connectivity index (χ1v) is 6.24. The number of ether oxygens (including phenoxy) is 1. The van der Waals surface area contributed by atoms with Crippen molar-refractivity contribution in [2.75, 3.05) is 20.7 Å². The van der Waals surface area contributed by atoms with E-state index in [1.54, 1.807) is 14.2 Å².